The van der Waals surface area contributed by atoms with Crippen LogP contribution in [0.4, 0.5) is 0 Å². The van der Waals surface area contributed by atoms with Crippen LogP contribution in [0.2, 0.25) is 0 Å². The Bertz CT molecular complexity index is 1330. The summed E-state index contributed by atoms with van der Waals surface area (Å²) in [4.78, 5) is 5.16. The summed E-state index contributed by atoms with van der Waals surface area (Å²) in [6.07, 6.45) is 0.899. The number of aromatic nitrogens is 2. The highest BCUT2D eigenvalue weighted by atomic mass is 16.5. The second-order valence-corrected chi connectivity index (χ2v) is 9.26. The Kier molecular flexibility index (Phi) is 6.94. The van der Waals surface area contributed by atoms with E-state index in [0.717, 1.165) is 30.1 Å². The lowest BCUT2D eigenvalue weighted by Crippen LogP contribution is -2.14. The molecule has 0 amide bonds. The van der Waals surface area contributed by atoms with Gasteiger partial charge in [-0.25, -0.2) is 4.98 Å². The van der Waals surface area contributed by atoms with E-state index in [1.54, 1.807) is 0 Å². The molecule has 0 unspecified atom stereocenters. The number of hydrogen-bond donors (Lipinski definition) is 0. The van der Waals surface area contributed by atoms with Gasteiger partial charge in [0.1, 0.15) is 11.6 Å². The second-order valence-electron chi connectivity index (χ2n) is 9.26. The highest BCUT2D eigenvalue weighted by molar-refractivity contribution is 5.76. The first kappa shape index (κ1) is 22.9. The predicted molar refractivity (Wildman–Crippen MR) is 144 cm³/mol. The fraction of sp³-hybridized carbons (Fsp3) is 0.219. The highest BCUT2D eigenvalue weighted by Crippen LogP contribution is 2.33. The van der Waals surface area contributed by atoms with E-state index in [0.29, 0.717) is 12.5 Å². The minimum Gasteiger partial charge on any atom is -0.493 e. The lowest BCUT2D eigenvalue weighted by atomic mass is 9.90. The molecule has 0 saturated carbocycles. The molecular weight excluding hydrogens is 428 g/mol. The fourth-order valence-electron chi connectivity index (χ4n) is 4.82. The maximum atomic E-state index is 6.24. The predicted octanol–water partition coefficient (Wildman–Crippen LogP) is 7.81. The van der Waals surface area contributed by atoms with E-state index in [9.17, 15) is 0 Å². The third-order valence-corrected chi connectivity index (χ3v) is 6.53. The smallest absolute Gasteiger partial charge is 0.122 e. The molecule has 3 heteroatoms. The number of ether oxygens (including phenoxy) is 1. The van der Waals surface area contributed by atoms with Crippen LogP contribution in [0.25, 0.3) is 11.0 Å². The van der Waals surface area contributed by atoms with Crippen LogP contribution in [-0.4, -0.2) is 16.2 Å². The maximum absolute atomic E-state index is 6.24. The molecule has 0 radical (unpaired) electrons. The Morgan fingerprint density at radius 2 is 1.31 bits per heavy atom. The molecule has 1 heterocycles. The van der Waals surface area contributed by atoms with Gasteiger partial charge < -0.3 is 9.30 Å². The number of para-hydroxylation sites is 3. The van der Waals surface area contributed by atoms with Gasteiger partial charge in [-0.05, 0) is 47.2 Å². The Labute approximate surface area is 208 Å². The van der Waals surface area contributed by atoms with Gasteiger partial charge in [0.2, 0.25) is 0 Å². The van der Waals surface area contributed by atoms with Crippen LogP contribution in [-0.2, 0) is 6.54 Å². The summed E-state index contributed by atoms with van der Waals surface area (Å²) in [7, 11) is 0. The standard InChI is InChI=1S/C32H32N2O/c1-24(2)27-18-9-12-21-30(27)35-23-13-22-34-29-20-11-10-19-28(29)33-32(34)31(25-14-5-3-6-15-25)26-16-7-4-8-17-26/h3-12,14-21,24,31H,13,22-23H2,1-2H3. The number of fused-ring (bicyclic) bond motifs is 1. The zero-order chi connectivity index (χ0) is 24.0. The summed E-state index contributed by atoms with van der Waals surface area (Å²) < 4.78 is 8.63. The molecule has 0 aliphatic carbocycles. The lowest BCUT2D eigenvalue weighted by molar-refractivity contribution is 0.298. The zero-order valence-corrected chi connectivity index (χ0v) is 20.5. The van der Waals surface area contributed by atoms with Crippen molar-refractivity contribution in [3.8, 4) is 5.75 Å². The largest absolute Gasteiger partial charge is 0.493 e. The molecule has 5 aromatic rings. The number of aryl methyl sites for hydroxylation is 1. The number of nitrogens with zero attached hydrogens (tertiary/aromatic N) is 2. The second kappa shape index (κ2) is 10.6. The van der Waals surface area contributed by atoms with E-state index in [-0.39, 0.29) is 5.92 Å². The molecule has 3 nitrogen and oxygen atoms in total. The van der Waals surface area contributed by atoms with Crippen molar-refractivity contribution in [2.75, 3.05) is 6.61 Å². The molecule has 35 heavy (non-hydrogen) atoms. The van der Waals surface area contributed by atoms with E-state index in [1.165, 1.54) is 22.2 Å². The summed E-state index contributed by atoms with van der Waals surface area (Å²) in [6, 6.07) is 38.2. The minimum absolute atomic E-state index is 0.0624. The van der Waals surface area contributed by atoms with Crippen LogP contribution in [0.5, 0.6) is 5.75 Å². The van der Waals surface area contributed by atoms with Gasteiger partial charge >= 0.3 is 0 Å². The molecule has 0 saturated heterocycles. The average Bonchev–Trinajstić information content (AvgIpc) is 3.26. The molecule has 0 aliphatic heterocycles. The molecule has 4 aromatic carbocycles. The van der Waals surface area contributed by atoms with E-state index in [1.807, 2.05) is 6.07 Å². The zero-order valence-electron chi connectivity index (χ0n) is 20.5. The van der Waals surface area contributed by atoms with Crippen LogP contribution in [0, 0.1) is 0 Å². The molecular formula is C32H32N2O. The maximum Gasteiger partial charge on any atom is 0.122 e. The Morgan fingerprint density at radius 3 is 2.00 bits per heavy atom. The normalized spacial score (nSPS) is 11.4. The molecule has 0 atom stereocenters. The number of benzene rings is 4. The van der Waals surface area contributed by atoms with Crippen molar-refractivity contribution < 1.29 is 4.74 Å². The first-order valence-corrected chi connectivity index (χ1v) is 12.5. The quantitative estimate of drug-likeness (QED) is 0.210. The van der Waals surface area contributed by atoms with Gasteiger partial charge in [0.25, 0.3) is 0 Å². The molecule has 0 N–H and O–H groups in total. The van der Waals surface area contributed by atoms with Crippen molar-refractivity contribution in [1.29, 1.82) is 0 Å². The van der Waals surface area contributed by atoms with E-state index >= 15 is 0 Å². The SMILES string of the molecule is CC(C)c1ccccc1OCCCn1c(C(c2ccccc2)c2ccccc2)nc2ccccc21. The van der Waals surface area contributed by atoms with Gasteiger partial charge in [-0.3, -0.25) is 0 Å². The third kappa shape index (κ3) is 5.00. The van der Waals surface area contributed by atoms with Crippen LogP contribution in [0.15, 0.2) is 109 Å². The van der Waals surface area contributed by atoms with Crippen molar-refractivity contribution in [2.24, 2.45) is 0 Å². The molecule has 0 fully saturated rings. The van der Waals surface area contributed by atoms with Gasteiger partial charge in [-0.1, -0.05) is 105 Å². The van der Waals surface area contributed by atoms with E-state index in [2.05, 4.69) is 122 Å². The molecule has 176 valence electrons. The molecule has 1 aromatic heterocycles. The van der Waals surface area contributed by atoms with Crippen LogP contribution < -0.4 is 4.74 Å². The van der Waals surface area contributed by atoms with Crippen LogP contribution in [0.1, 0.15) is 54.6 Å². The van der Waals surface area contributed by atoms with Gasteiger partial charge in [0, 0.05) is 6.54 Å². The highest BCUT2D eigenvalue weighted by Gasteiger charge is 2.23. The first-order chi connectivity index (χ1) is 17.2. The van der Waals surface area contributed by atoms with Gasteiger partial charge in [-0.2, -0.15) is 0 Å². The average molecular weight is 461 g/mol. The summed E-state index contributed by atoms with van der Waals surface area (Å²) in [5.41, 5.74) is 5.96. The fourth-order valence-corrected chi connectivity index (χ4v) is 4.82. The molecule has 0 bridgehead atoms. The number of rotatable bonds is 9. The first-order valence-electron chi connectivity index (χ1n) is 12.5. The van der Waals surface area contributed by atoms with Crippen LogP contribution >= 0.6 is 0 Å². The summed E-state index contributed by atoms with van der Waals surface area (Å²) in [6.45, 7) is 5.92. The Morgan fingerprint density at radius 1 is 0.714 bits per heavy atom. The molecule has 5 rings (SSSR count). The van der Waals surface area contributed by atoms with Crippen molar-refractivity contribution in [2.45, 2.75) is 38.6 Å². The van der Waals surface area contributed by atoms with Crippen molar-refractivity contribution in [3.63, 3.8) is 0 Å². The summed E-state index contributed by atoms with van der Waals surface area (Å²) in [5, 5.41) is 0. The minimum atomic E-state index is 0.0624. The topological polar surface area (TPSA) is 27.1 Å². The van der Waals surface area contributed by atoms with Gasteiger partial charge in [-0.15, -0.1) is 0 Å². The Hall–Kier alpha value is -3.85. The monoisotopic (exact) mass is 460 g/mol. The lowest BCUT2D eigenvalue weighted by Gasteiger charge is -2.20. The summed E-state index contributed by atoms with van der Waals surface area (Å²) >= 11 is 0. The van der Waals surface area contributed by atoms with Crippen molar-refractivity contribution in [1.82, 2.24) is 9.55 Å². The van der Waals surface area contributed by atoms with Gasteiger partial charge in [0.05, 0.1) is 23.6 Å². The van der Waals surface area contributed by atoms with Gasteiger partial charge in [0.15, 0.2) is 0 Å². The van der Waals surface area contributed by atoms with E-state index in [4.69, 9.17) is 9.72 Å². The van der Waals surface area contributed by atoms with Crippen LogP contribution in [0.3, 0.4) is 0 Å². The molecule has 0 spiro atoms. The Balaban J connectivity index is 1.46. The van der Waals surface area contributed by atoms with E-state index < -0.39 is 0 Å². The molecule has 0 aliphatic rings. The van der Waals surface area contributed by atoms with Crippen molar-refractivity contribution in [3.05, 3.63) is 132 Å². The third-order valence-electron chi connectivity index (χ3n) is 6.53. The van der Waals surface area contributed by atoms with Crippen molar-refractivity contribution >= 4 is 11.0 Å². The number of imidazole rings is 1. The summed E-state index contributed by atoms with van der Waals surface area (Å²) in [5.74, 6) is 2.57. The number of hydrogen-bond acceptors (Lipinski definition) is 2.